The maximum Gasteiger partial charge on any atom is 0.359 e. The molecule has 0 saturated carbocycles. The predicted octanol–water partition coefficient (Wildman–Crippen LogP) is 2.31. The van der Waals surface area contributed by atoms with Crippen molar-refractivity contribution in [1.82, 2.24) is 9.97 Å². The Bertz CT molecular complexity index is 773. The zero-order chi connectivity index (χ0) is 17.3. The van der Waals surface area contributed by atoms with Crippen LogP contribution in [0.4, 0.5) is 5.69 Å². The molecule has 0 aliphatic carbocycles. The number of hydrogen-bond acceptors (Lipinski definition) is 5. The molecule has 0 radical (unpaired) electrons. The number of para-hydroxylation sites is 1. The maximum atomic E-state index is 12.8. The normalized spacial score (nSPS) is 17.3. The third kappa shape index (κ3) is 2.99. The highest BCUT2D eigenvalue weighted by Gasteiger charge is 2.34. The van der Waals surface area contributed by atoms with Gasteiger partial charge in [0.2, 0.25) is 0 Å². The highest BCUT2D eigenvalue weighted by atomic mass is 16.5. The van der Waals surface area contributed by atoms with E-state index in [0.29, 0.717) is 5.69 Å². The van der Waals surface area contributed by atoms with Gasteiger partial charge in [-0.1, -0.05) is 18.2 Å². The molecule has 1 aliphatic rings. The summed E-state index contributed by atoms with van der Waals surface area (Å²) in [5.41, 5.74) is 2.81. The first kappa shape index (κ1) is 16.1. The molecule has 1 aromatic heterocycles. The molecule has 0 unspecified atom stereocenters. The minimum Gasteiger partial charge on any atom is -0.448 e. The van der Waals surface area contributed by atoms with Crippen molar-refractivity contribution >= 4 is 17.6 Å². The van der Waals surface area contributed by atoms with Gasteiger partial charge in [-0.2, -0.15) is 0 Å². The zero-order valence-electron chi connectivity index (χ0n) is 13.9. The molecule has 1 aromatic carbocycles. The summed E-state index contributed by atoms with van der Waals surface area (Å²) in [6, 6.07) is 7.82. The van der Waals surface area contributed by atoms with Gasteiger partial charge in [0.25, 0.3) is 5.91 Å². The van der Waals surface area contributed by atoms with Crippen LogP contribution in [0.2, 0.25) is 0 Å². The number of hydrogen-bond donors (Lipinski definition) is 0. The number of esters is 1. The number of rotatable bonds is 3. The van der Waals surface area contributed by atoms with Gasteiger partial charge in [0.05, 0.1) is 11.9 Å². The Morgan fingerprint density at radius 3 is 2.71 bits per heavy atom. The van der Waals surface area contributed by atoms with Gasteiger partial charge in [0, 0.05) is 17.9 Å². The van der Waals surface area contributed by atoms with Crippen LogP contribution in [0, 0.1) is 6.92 Å². The number of amides is 1. The van der Waals surface area contributed by atoms with E-state index < -0.39 is 12.1 Å². The van der Waals surface area contributed by atoms with Gasteiger partial charge in [-0.15, -0.1) is 0 Å². The summed E-state index contributed by atoms with van der Waals surface area (Å²) in [6.45, 7) is 5.34. The summed E-state index contributed by atoms with van der Waals surface area (Å²) >= 11 is 0. The number of fused-ring (bicyclic) bond motifs is 1. The first-order chi connectivity index (χ1) is 11.5. The Morgan fingerprint density at radius 2 is 2.00 bits per heavy atom. The topological polar surface area (TPSA) is 72.4 Å². The van der Waals surface area contributed by atoms with Crippen LogP contribution < -0.4 is 4.90 Å². The molecule has 24 heavy (non-hydrogen) atoms. The number of carbonyl (C=O) groups is 2. The Labute approximate surface area is 140 Å². The SMILES string of the molecule is Cc1cnc(C(=O)O[C@H](C)C(=O)N2c3ccccc3C[C@@H]2C)cn1. The van der Waals surface area contributed by atoms with Gasteiger partial charge in [-0.05, 0) is 38.8 Å². The number of carbonyl (C=O) groups excluding carboxylic acids is 2. The van der Waals surface area contributed by atoms with E-state index in [-0.39, 0.29) is 17.6 Å². The first-order valence-electron chi connectivity index (χ1n) is 7.88. The van der Waals surface area contributed by atoms with E-state index in [1.54, 1.807) is 18.7 Å². The number of benzene rings is 1. The lowest BCUT2D eigenvalue weighted by atomic mass is 10.1. The summed E-state index contributed by atoms with van der Waals surface area (Å²) in [7, 11) is 0. The molecule has 0 N–H and O–H groups in total. The lowest BCUT2D eigenvalue weighted by molar-refractivity contribution is -0.126. The second kappa shape index (κ2) is 6.39. The molecule has 2 atom stereocenters. The number of aromatic nitrogens is 2. The molecule has 1 aliphatic heterocycles. The molecule has 0 saturated heterocycles. The zero-order valence-corrected chi connectivity index (χ0v) is 13.9. The van der Waals surface area contributed by atoms with Crippen LogP contribution in [0.1, 0.15) is 35.6 Å². The lowest BCUT2D eigenvalue weighted by Crippen LogP contribution is -2.43. The van der Waals surface area contributed by atoms with E-state index in [1.807, 2.05) is 31.2 Å². The standard InChI is InChI=1S/C18H19N3O3/c1-11-9-20-15(10-19-11)18(23)24-13(3)17(22)21-12(2)8-14-6-4-5-7-16(14)21/h4-7,9-10,12-13H,8H2,1-3H3/t12-,13+/m0/s1. The third-order valence-electron chi connectivity index (χ3n) is 4.07. The number of nitrogens with zero attached hydrogens (tertiary/aromatic N) is 3. The third-order valence-corrected chi connectivity index (χ3v) is 4.07. The Hall–Kier alpha value is -2.76. The van der Waals surface area contributed by atoms with E-state index in [0.717, 1.165) is 17.7 Å². The van der Waals surface area contributed by atoms with Crippen molar-refractivity contribution in [3.05, 3.63) is 53.6 Å². The Kier molecular flexibility index (Phi) is 4.29. The van der Waals surface area contributed by atoms with E-state index >= 15 is 0 Å². The molecule has 1 amide bonds. The molecule has 124 valence electrons. The van der Waals surface area contributed by atoms with Crippen molar-refractivity contribution in [2.75, 3.05) is 4.90 Å². The monoisotopic (exact) mass is 325 g/mol. The van der Waals surface area contributed by atoms with Crippen LogP contribution in [0.3, 0.4) is 0 Å². The van der Waals surface area contributed by atoms with Crippen molar-refractivity contribution in [3.63, 3.8) is 0 Å². The fourth-order valence-electron chi connectivity index (χ4n) is 2.87. The van der Waals surface area contributed by atoms with Gasteiger partial charge in [-0.3, -0.25) is 9.78 Å². The average Bonchev–Trinajstić information content (AvgIpc) is 2.90. The van der Waals surface area contributed by atoms with Crippen LogP contribution in [0.5, 0.6) is 0 Å². The second-order valence-corrected chi connectivity index (χ2v) is 5.98. The quantitative estimate of drug-likeness (QED) is 0.810. The largest absolute Gasteiger partial charge is 0.448 e. The number of ether oxygens (including phenoxy) is 1. The minimum atomic E-state index is -0.894. The van der Waals surface area contributed by atoms with Crippen molar-refractivity contribution < 1.29 is 14.3 Å². The summed E-state index contributed by atoms with van der Waals surface area (Å²) in [6.07, 6.45) is 2.74. The van der Waals surface area contributed by atoms with E-state index in [4.69, 9.17) is 4.74 Å². The fourth-order valence-corrected chi connectivity index (χ4v) is 2.87. The van der Waals surface area contributed by atoms with Crippen LogP contribution in [-0.4, -0.2) is 34.0 Å². The molecule has 2 aromatic rings. The number of aryl methyl sites for hydroxylation is 1. The summed E-state index contributed by atoms with van der Waals surface area (Å²) < 4.78 is 5.28. The molecule has 6 nitrogen and oxygen atoms in total. The lowest BCUT2D eigenvalue weighted by Gasteiger charge is -2.25. The highest BCUT2D eigenvalue weighted by molar-refractivity contribution is 6.00. The van der Waals surface area contributed by atoms with Gasteiger partial charge >= 0.3 is 5.97 Å². The molecule has 0 fully saturated rings. The van der Waals surface area contributed by atoms with Gasteiger partial charge in [-0.25, -0.2) is 9.78 Å². The molecule has 3 rings (SSSR count). The predicted molar refractivity (Wildman–Crippen MR) is 88.7 cm³/mol. The highest BCUT2D eigenvalue weighted by Crippen LogP contribution is 2.32. The second-order valence-electron chi connectivity index (χ2n) is 5.98. The summed E-state index contributed by atoms with van der Waals surface area (Å²) in [5.74, 6) is -0.885. The molecular weight excluding hydrogens is 306 g/mol. The van der Waals surface area contributed by atoms with Crippen LogP contribution in [-0.2, 0) is 16.0 Å². The average molecular weight is 325 g/mol. The summed E-state index contributed by atoms with van der Waals surface area (Å²) in [4.78, 5) is 34.6. The molecular formula is C18H19N3O3. The molecule has 0 spiro atoms. The molecule has 2 heterocycles. The molecule has 6 heteroatoms. The maximum absolute atomic E-state index is 12.8. The number of anilines is 1. The van der Waals surface area contributed by atoms with Crippen LogP contribution in [0.25, 0.3) is 0 Å². The minimum absolute atomic E-state index is 0.0372. The van der Waals surface area contributed by atoms with Crippen LogP contribution >= 0.6 is 0 Å². The van der Waals surface area contributed by atoms with Crippen molar-refractivity contribution in [2.45, 2.75) is 39.3 Å². The Morgan fingerprint density at radius 1 is 1.25 bits per heavy atom. The Balaban J connectivity index is 1.73. The summed E-state index contributed by atoms with van der Waals surface area (Å²) in [5, 5.41) is 0. The van der Waals surface area contributed by atoms with Crippen molar-refractivity contribution in [1.29, 1.82) is 0 Å². The molecule has 0 bridgehead atoms. The van der Waals surface area contributed by atoms with E-state index in [2.05, 4.69) is 9.97 Å². The smallest absolute Gasteiger partial charge is 0.359 e. The van der Waals surface area contributed by atoms with Gasteiger partial charge in [0.1, 0.15) is 0 Å². The van der Waals surface area contributed by atoms with E-state index in [1.165, 1.54) is 12.4 Å². The van der Waals surface area contributed by atoms with Crippen LogP contribution in [0.15, 0.2) is 36.7 Å². The van der Waals surface area contributed by atoms with Crippen molar-refractivity contribution in [3.8, 4) is 0 Å². The van der Waals surface area contributed by atoms with E-state index in [9.17, 15) is 9.59 Å². The van der Waals surface area contributed by atoms with Gasteiger partial charge in [0.15, 0.2) is 11.8 Å². The fraction of sp³-hybridized carbons (Fsp3) is 0.333. The van der Waals surface area contributed by atoms with Crippen molar-refractivity contribution in [2.24, 2.45) is 0 Å². The van der Waals surface area contributed by atoms with Gasteiger partial charge < -0.3 is 9.64 Å². The first-order valence-corrected chi connectivity index (χ1v) is 7.88.